The van der Waals surface area contributed by atoms with Crippen molar-refractivity contribution in [1.29, 1.82) is 0 Å². The number of aryl methyl sites for hydroxylation is 1. The van der Waals surface area contributed by atoms with Crippen LogP contribution in [0.15, 0.2) is 18.2 Å². The molecule has 0 amide bonds. The molecule has 1 aromatic carbocycles. The van der Waals surface area contributed by atoms with Gasteiger partial charge in [-0.3, -0.25) is 0 Å². The summed E-state index contributed by atoms with van der Waals surface area (Å²) in [4.78, 5) is 0. The van der Waals surface area contributed by atoms with Crippen LogP contribution in [0.25, 0.3) is 0 Å². The van der Waals surface area contributed by atoms with Gasteiger partial charge in [-0.2, -0.15) is 0 Å². The molecule has 0 radical (unpaired) electrons. The van der Waals surface area contributed by atoms with Crippen molar-refractivity contribution in [1.82, 2.24) is 0 Å². The minimum absolute atomic E-state index is 0. The van der Waals surface area contributed by atoms with E-state index in [0.29, 0.717) is 6.54 Å². The number of hydrogen-bond donors (Lipinski definition) is 2. The molecule has 0 aliphatic rings. The van der Waals surface area contributed by atoms with Gasteiger partial charge in [0.1, 0.15) is 0 Å². The van der Waals surface area contributed by atoms with Gasteiger partial charge in [-0.1, -0.05) is 23.7 Å². The smallest absolute Gasteiger partial charge is 0.0438 e. The van der Waals surface area contributed by atoms with Crippen LogP contribution in [0.2, 0.25) is 5.02 Å². The Balaban J connectivity index is 0.00000196. The van der Waals surface area contributed by atoms with Crippen LogP contribution in [0, 0.1) is 6.92 Å². The molecular weight excluding hydrogens is 231 g/mol. The first-order valence-corrected chi connectivity index (χ1v) is 5.24. The predicted molar refractivity (Wildman–Crippen MR) is 68.7 cm³/mol. The maximum atomic E-state index is 6.01. The first-order chi connectivity index (χ1) is 6.65. The number of nitrogens with two attached hydrogens (primary N) is 2. The summed E-state index contributed by atoms with van der Waals surface area (Å²) in [6.45, 7) is 2.67. The molecular formula is C11H18Cl2N2. The third-order valence-corrected chi connectivity index (χ3v) is 2.75. The normalized spacial score (nSPS) is 12.0. The standard InChI is InChI=1S/C11H17ClN2.ClH/c1-8-4-5-9(7-10(8)12)11(14)3-2-6-13;/h4-5,7,11H,2-3,6,13-14H2,1H3;1H/t11-;/m0./s1. The average molecular weight is 249 g/mol. The highest BCUT2D eigenvalue weighted by Gasteiger charge is 2.06. The van der Waals surface area contributed by atoms with Crippen LogP contribution in [-0.4, -0.2) is 6.54 Å². The van der Waals surface area contributed by atoms with E-state index >= 15 is 0 Å². The molecule has 0 bridgehead atoms. The Labute approximate surface area is 102 Å². The molecule has 0 unspecified atom stereocenters. The predicted octanol–water partition coefficient (Wildman–Crippen LogP) is 2.81. The topological polar surface area (TPSA) is 52.0 Å². The Morgan fingerprint density at radius 2 is 2.07 bits per heavy atom. The van der Waals surface area contributed by atoms with Crippen molar-refractivity contribution in [2.75, 3.05) is 6.54 Å². The minimum Gasteiger partial charge on any atom is -0.330 e. The third kappa shape index (κ3) is 4.39. The second-order valence-electron chi connectivity index (χ2n) is 3.55. The molecule has 0 heterocycles. The summed E-state index contributed by atoms with van der Waals surface area (Å²) in [6.07, 6.45) is 1.86. The molecule has 4 N–H and O–H groups in total. The number of benzene rings is 1. The number of halogens is 2. The maximum absolute atomic E-state index is 6.01. The van der Waals surface area contributed by atoms with Gasteiger partial charge in [0.15, 0.2) is 0 Å². The van der Waals surface area contributed by atoms with Crippen molar-refractivity contribution >= 4 is 24.0 Å². The number of hydrogen-bond acceptors (Lipinski definition) is 2. The number of rotatable bonds is 4. The lowest BCUT2D eigenvalue weighted by atomic mass is 10.0. The van der Waals surface area contributed by atoms with Gasteiger partial charge in [-0.25, -0.2) is 0 Å². The van der Waals surface area contributed by atoms with Crippen LogP contribution in [-0.2, 0) is 0 Å². The quantitative estimate of drug-likeness (QED) is 0.862. The average Bonchev–Trinajstić information content (AvgIpc) is 2.18. The summed E-state index contributed by atoms with van der Waals surface area (Å²) >= 11 is 6.01. The highest BCUT2D eigenvalue weighted by Crippen LogP contribution is 2.22. The highest BCUT2D eigenvalue weighted by molar-refractivity contribution is 6.31. The first-order valence-electron chi connectivity index (χ1n) is 4.87. The van der Waals surface area contributed by atoms with Gasteiger partial charge < -0.3 is 11.5 Å². The van der Waals surface area contributed by atoms with Gasteiger partial charge in [0.25, 0.3) is 0 Å². The van der Waals surface area contributed by atoms with Gasteiger partial charge in [0, 0.05) is 11.1 Å². The van der Waals surface area contributed by atoms with Gasteiger partial charge in [-0.05, 0) is 43.5 Å². The summed E-state index contributed by atoms with van der Waals surface area (Å²) in [5, 5.41) is 0.783. The lowest BCUT2D eigenvalue weighted by Gasteiger charge is -2.12. The van der Waals surface area contributed by atoms with Gasteiger partial charge in [0.2, 0.25) is 0 Å². The van der Waals surface area contributed by atoms with E-state index in [4.69, 9.17) is 23.1 Å². The molecule has 0 fully saturated rings. The van der Waals surface area contributed by atoms with Crippen LogP contribution < -0.4 is 11.5 Å². The molecule has 0 aromatic heterocycles. The van der Waals surface area contributed by atoms with E-state index in [1.807, 2.05) is 25.1 Å². The van der Waals surface area contributed by atoms with E-state index in [9.17, 15) is 0 Å². The van der Waals surface area contributed by atoms with Gasteiger partial charge in [-0.15, -0.1) is 12.4 Å². The highest BCUT2D eigenvalue weighted by atomic mass is 35.5. The minimum atomic E-state index is 0. The van der Waals surface area contributed by atoms with Crippen molar-refractivity contribution in [3.8, 4) is 0 Å². The molecule has 0 aliphatic heterocycles. The van der Waals surface area contributed by atoms with Crippen LogP contribution in [0.1, 0.15) is 30.0 Å². The zero-order chi connectivity index (χ0) is 10.6. The Morgan fingerprint density at radius 3 is 2.60 bits per heavy atom. The third-order valence-electron chi connectivity index (χ3n) is 2.34. The molecule has 0 saturated carbocycles. The van der Waals surface area contributed by atoms with Crippen molar-refractivity contribution in [3.63, 3.8) is 0 Å². The fourth-order valence-corrected chi connectivity index (χ4v) is 1.53. The monoisotopic (exact) mass is 248 g/mol. The zero-order valence-electron chi connectivity index (χ0n) is 8.87. The molecule has 0 saturated heterocycles. The maximum Gasteiger partial charge on any atom is 0.0438 e. The first kappa shape index (κ1) is 14.7. The summed E-state index contributed by atoms with van der Waals surface area (Å²) in [7, 11) is 0. The van der Waals surface area contributed by atoms with Crippen molar-refractivity contribution in [2.45, 2.75) is 25.8 Å². The van der Waals surface area contributed by atoms with Crippen molar-refractivity contribution in [3.05, 3.63) is 34.3 Å². The molecule has 1 atom stereocenters. The Morgan fingerprint density at radius 1 is 1.40 bits per heavy atom. The lowest BCUT2D eigenvalue weighted by Crippen LogP contribution is -2.12. The summed E-state index contributed by atoms with van der Waals surface area (Å²) in [5.74, 6) is 0. The Hall–Kier alpha value is -0.280. The largest absolute Gasteiger partial charge is 0.330 e. The molecule has 0 spiro atoms. The second kappa shape index (κ2) is 7.07. The van der Waals surface area contributed by atoms with E-state index in [0.717, 1.165) is 29.0 Å². The van der Waals surface area contributed by atoms with Crippen molar-refractivity contribution in [2.24, 2.45) is 11.5 Å². The Kier molecular flexibility index (Phi) is 6.94. The molecule has 15 heavy (non-hydrogen) atoms. The molecule has 0 aliphatic carbocycles. The van der Waals surface area contributed by atoms with E-state index in [-0.39, 0.29) is 18.4 Å². The lowest BCUT2D eigenvalue weighted by molar-refractivity contribution is 0.618. The fourth-order valence-electron chi connectivity index (χ4n) is 1.34. The fraction of sp³-hybridized carbons (Fsp3) is 0.455. The van der Waals surface area contributed by atoms with Gasteiger partial charge >= 0.3 is 0 Å². The van der Waals surface area contributed by atoms with E-state index in [2.05, 4.69) is 0 Å². The van der Waals surface area contributed by atoms with Crippen LogP contribution >= 0.6 is 24.0 Å². The Bertz CT molecular complexity index is 303. The van der Waals surface area contributed by atoms with Crippen molar-refractivity contribution < 1.29 is 0 Å². The second-order valence-corrected chi connectivity index (χ2v) is 3.95. The van der Waals surface area contributed by atoms with Crippen LogP contribution in [0.3, 0.4) is 0 Å². The molecule has 2 nitrogen and oxygen atoms in total. The van der Waals surface area contributed by atoms with Gasteiger partial charge in [0.05, 0.1) is 0 Å². The summed E-state index contributed by atoms with van der Waals surface area (Å²) < 4.78 is 0. The zero-order valence-corrected chi connectivity index (χ0v) is 10.4. The molecule has 4 heteroatoms. The van der Waals surface area contributed by atoms with E-state index < -0.39 is 0 Å². The summed E-state index contributed by atoms with van der Waals surface area (Å²) in [5.41, 5.74) is 13.6. The molecule has 1 aromatic rings. The van der Waals surface area contributed by atoms with E-state index in [1.54, 1.807) is 0 Å². The van der Waals surface area contributed by atoms with E-state index in [1.165, 1.54) is 0 Å². The van der Waals surface area contributed by atoms with Crippen LogP contribution in [0.4, 0.5) is 0 Å². The van der Waals surface area contributed by atoms with Crippen LogP contribution in [0.5, 0.6) is 0 Å². The molecule has 86 valence electrons. The summed E-state index contributed by atoms with van der Waals surface area (Å²) in [6, 6.07) is 6.03. The SMILES string of the molecule is Cc1ccc([C@@H](N)CCCN)cc1Cl.Cl. The molecule has 1 rings (SSSR count).